The number of rotatable bonds is 2. The van der Waals surface area contributed by atoms with Crippen molar-refractivity contribution in [2.75, 3.05) is 18.0 Å². The van der Waals surface area contributed by atoms with E-state index in [1.807, 2.05) is 12.1 Å². The minimum Gasteiger partial charge on any atom is -0.355 e. The summed E-state index contributed by atoms with van der Waals surface area (Å²) in [6, 6.07) is 7.91. The summed E-state index contributed by atoms with van der Waals surface area (Å²) in [6.07, 6.45) is 4.80. The zero-order valence-corrected chi connectivity index (χ0v) is 16.9. The molecule has 2 aromatic heterocycles. The average molecular weight is 377 g/mol. The SMILES string of the molecule is CC(C)(C)c1ccc(=O)n(C2CCN(c3nc4c(cc3C#N)CCC4)CC2)n1. The predicted octanol–water partition coefficient (Wildman–Crippen LogP) is 3.14. The Morgan fingerprint density at radius 1 is 1.18 bits per heavy atom. The van der Waals surface area contributed by atoms with E-state index in [0.717, 1.165) is 62.4 Å². The van der Waals surface area contributed by atoms with E-state index < -0.39 is 0 Å². The first-order chi connectivity index (χ1) is 13.4. The number of aryl methyl sites for hydroxylation is 2. The molecule has 3 heterocycles. The first kappa shape index (κ1) is 18.7. The van der Waals surface area contributed by atoms with Gasteiger partial charge in [0.1, 0.15) is 11.9 Å². The number of anilines is 1. The highest BCUT2D eigenvalue weighted by Crippen LogP contribution is 2.30. The van der Waals surface area contributed by atoms with Crippen molar-refractivity contribution in [1.82, 2.24) is 14.8 Å². The van der Waals surface area contributed by atoms with Gasteiger partial charge in [0.15, 0.2) is 0 Å². The number of pyridine rings is 1. The van der Waals surface area contributed by atoms with E-state index in [-0.39, 0.29) is 17.0 Å². The van der Waals surface area contributed by atoms with Crippen LogP contribution in [0.5, 0.6) is 0 Å². The van der Waals surface area contributed by atoms with Crippen molar-refractivity contribution >= 4 is 5.82 Å². The molecular weight excluding hydrogens is 350 g/mol. The summed E-state index contributed by atoms with van der Waals surface area (Å²) < 4.78 is 1.67. The monoisotopic (exact) mass is 377 g/mol. The van der Waals surface area contributed by atoms with Crippen LogP contribution in [0.1, 0.15) is 68.6 Å². The van der Waals surface area contributed by atoms with E-state index in [0.29, 0.717) is 5.56 Å². The van der Waals surface area contributed by atoms with Gasteiger partial charge in [-0.3, -0.25) is 4.79 Å². The maximum Gasteiger partial charge on any atom is 0.267 e. The van der Waals surface area contributed by atoms with Crippen molar-refractivity contribution in [3.8, 4) is 6.07 Å². The smallest absolute Gasteiger partial charge is 0.267 e. The van der Waals surface area contributed by atoms with Gasteiger partial charge in [-0.05, 0) is 49.8 Å². The van der Waals surface area contributed by atoms with Gasteiger partial charge in [-0.15, -0.1) is 0 Å². The summed E-state index contributed by atoms with van der Waals surface area (Å²) in [5.41, 5.74) is 3.84. The molecule has 4 rings (SSSR count). The molecule has 0 radical (unpaired) electrons. The zero-order chi connectivity index (χ0) is 19.9. The summed E-state index contributed by atoms with van der Waals surface area (Å²) in [4.78, 5) is 19.4. The molecule has 1 fully saturated rings. The number of nitriles is 1. The molecule has 6 nitrogen and oxygen atoms in total. The zero-order valence-electron chi connectivity index (χ0n) is 16.9. The first-order valence-corrected chi connectivity index (χ1v) is 10.1. The molecule has 0 spiro atoms. The van der Waals surface area contributed by atoms with Crippen LogP contribution >= 0.6 is 0 Å². The van der Waals surface area contributed by atoms with E-state index in [2.05, 4.69) is 36.8 Å². The molecule has 146 valence electrons. The summed E-state index contributed by atoms with van der Waals surface area (Å²) in [7, 11) is 0. The van der Waals surface area contributed by atoms with Gasteiger partial charge >= 0.3 is 0 Å². The van der Waals surface area contributed by atoms with Crippen LogP contribution in [-0.4, -0.2) is 27.9 Å². The van der Waals surface area contributed by atoms with Gasteiger partial charge in [0.25, 0.3) is 5.56 Å². The average Bonchev–Trinajstić information content (AvgIpc) is 3.14. The molecule has 0 amide bonds. The normalized spacial score (nSPS) is 17.4. The number of nitrogens with zero attached hydrogens (tertiary/aromatic N) is 5. The highest BCUT2D eigenvalue weighted by molar-refractivity contribution is 5.57. The highest BCUT2D eigenvalue weighted by Gasteiger charge is 2.27. The lowest BCUT2D eigenvalue weighted by Gasteiger charge is -2.34. The van der Waals surface area contributed by atoms with Crippen LogP contribution in [0, 0.1) is 11.3 Å². The molecule has 0 saturated carbocycles. The standard InChI is InChI=1S/C22H27N5O/c1-22(2,3)19-7-8-20(28)27(25-19)17-9-11-26(12-10-17)21-16(14-23)13-15-5-4-6-18(15)24-21/h7-8,13,17H,4-6,9-12H2,1-3H3. The maximum atomic E-state index is 12.4. The lowest BCUT2D eigenvalue weighted by molar-refractivity contribution is 0.343. The number of fused-ring (bicyclic) bond motifs is 1. The van der Waals surface area contributed by atoms with Crippen molar-refractivity contribution in [2.24, 2.45) is 0 Å². The van der Waals surface area contributed by atoms with Crippen LogP contribution in [0.25, 0.3) is 0 Å². The second-order valence-corrected chi connectivity index (χ2v) is 8.90. The molecule has 28 heavy (non-hydrogen) atoms. The van der Waals surface area contributed by atoms with Gasteiger partial charge in [-0.1, -0.05) is 20.8 Å². The fourth-order valence-electron chi connectivity index (χ4n) is 4.19. The van der Waals surface area contributed by atoms with Crippen LogP contribution in [0.3, 0.4) is 0 Å². The number of hydrogen-bond donors (Lipinski definition) is 0. The minimum absolute atomic E-state index is 0.0418. The van der Waals surface area contributed by atoms with Gasteiger partial charge in [0.2, 0.25) is 0 Å². The van der Waals surface area contributed by atoms with Gasteiger partial charge in [-0.2, -0.15) is 10.4 Å². The first-order valence-electron chi connectivity index (χ1n) is 10.1. The Hall–Kier alpha value is -2.68. The van der Waals surface area contributed by atoms with Crippen molar-refractivity contribution in [2.45, 2.75) is 64.3 Å². The van der Waals surface area contributed by atoms with Crippen LogP contribution in [0.4, 0.5) is 5.82 Å². The molecular formula is C22H27N5O. The number of aromatic nitrogens is 3. The largest absolute Gasteiger partial charge is 0.355 e. The Balaban J connectivity index is 1.55. The molecule has 1 saturated heterocycles. The topological polar surface area (TPSA) is 74.8 Å². The third-order valence-corrected chi connectivity index (χ3v) is 5.85. The maximum absolute atomic E-state index is 12.4. The van der Waals surface area contributed by atoms with Crippen LogP contribution in [0.2, 0.25) is 0 Å². The van der Waals surface area contributed by atoms with Gasteiger partial charge in [-0.25, -0.2) is 9.67 Å². The summed E-state index contributed by atoms with van der Waals surface area (Å²) in [5.74, 6) is 0.811. The lowest BCUT2D eigenvalue weighted by Crippen LogP contribution is -2.39. The molecule has 2 aromatic rings. The molecule has 1 aliphatic carbocycles. The van der Waals surface area contributed by atoms with Gasteiger partial charge < -0.3 is 4.90 Å². The molecule has 2 aliphatic rings. The van der Waals surface area contributed by atoms with E-state index in [1.165, 1.54) is 5.56 Å². The van der Waals surface area contributed by atoms with Crippen LogP contribution in [-0.2, 0) is 18.3 Å². The Bertz CT molecular complexity index is 987. The molecule has 0 aromatic carbocycles. The fraction of sp³-hybridized carbons (Fsp3) is 0.545. The second-order valence-electron chi connectivity index (χ2n) is 8.90. The van der Waals surface area contributed by atoms with E-state index in [4.69, 9.17) is 4.98 Å². The van der Waals surface area contributed by atoms with E-state index >= 15 is 0 Å². The Kier molecular flexibility index (Phi) is 4.70. The predicted molar refractivity (Wildman–Crippen MR) is 109 cm³/mol. The molecule has 0 atom stereocenters. The molecule has 6 heteroatoms. The Morgan fingerprint density at radius 2 is 1.93 bits per heavy atom. The van der Waals surface area contributed by atoms with Crippen LogP contribution in [0.15, 0.2) is 23.0 Å². The van der Waals surface area contributed by atoms with E-state index in [9.17, 15) is 10.1 Å². The summed E-state index contributed by atoms with van der Waals surface area (Å²) >= 11 is 0. The third kappa shape index (κ3) is 3.42. The molecule has 1 aliphatic heterocycles. The lowest BCUT2D eigenvalue weighted by atomic mass is 9.92. The second kappa shape index (κ2) is 7.05. The molecule has 0 bridgehead atoms. The fourth-order valence-corrected chi connectivity index (χ4v) is 4.19. The summed E-state index contributed by atoms with van der Waals surface area (Å²) in [5, 5.41) is 14.2. The number of hydrogen-bond acceptors (Lipinski definition) is 5. The van der Waals surface area contributed by atoms with Crippen molar-refractivity contribution < 1.29 is 0 Å². The Morgan fingerprint density at radius 3 is 2.61 bits per heavy atom. The molecule has 0 N–H and O–H groups in total. The highest BCUT2D eigenvalue weighted by atomic mass is 16.1. The van der Waals surface area contributed by atoms with E-state index in [1.54, 1.807) is 10.7 Å². The quantitative estimate of drug-likeness (QED) is 0.804. The third-order valence-electron chi connectivity index (χ3n) is 5.85. The van der Waals surface area contributed by atoms with Crippen LogP contribution < -0.4 is 10.5 Å². The van der Waals surface area contributed by atoms with Crippen molar-refractivity contribution in [3.05, 3.63) is 51.1 Å². The minimum atomic E-state index is -0.0911. The van der Waals surface area contributed by atoms with Crippen molar-refractivity contribution in [1.29, 1.82) is 5.26 Å². The molecule has 0 unspecified atom stereocenters. The van der Waals surface area contributed by atoms with Crippen molar-refractivity contribution in [3.63, 3.8) is 0 Å². The Labute approximate surface area is 165 Å². The number of piperidine rings is 1. The van der Waals surface area contributed by atoms with Gasteiger partial charge in [0, 0.05) is 30.3 Å². The van der Waals surface area contributed by atoms with Gasteiger partial charge in [0.05, 0.1) is 17.3 Å². The summed E-state index contributed by atoms with van der Waals surface area (Å²) in [6.45, 7) is 7.87.